The zero-order chi connectivity index (χ0) is 18.6. The Kier molecular flexibility index (Phi) is 5.07. The van der Waals surface area contributed by atoms with Crippen LogP contribution in [0.1, 0.15) is 30.3 Å². The Labute approximate surface area is 158 Å². The van der Waals surface area contributed by atoms with Crippen molar-refractivity contribution in [3.05, 3.63) is 60.0 Å². The van der Waals surface area contributed by atoms with Crippen LogP contribution in [0.3, 0.4) is 0 Å². The molecule has 1 atom stereocenters. The molecule has 2 heterocycles. The molecular formula is C21H23N3O3. The first kappa shape index (κ1) is 17.5. The lowest BCUT2D eigenvalue weighted by molar-refractivity contribution is 0.223. The molecule has 1 aliphatic rings. The van der Waals surface area contributed by atoms with Gasteiger partial charge in [0.25, 0.3) is 0 Å². The van der Waals surface area contributed by atoms with Crippen LogP contribution in [-0.4, -0.2) is 35.9 Å². The number of aromatic nitrogens is 2. The van der Waals surface area contributed by atoms with Gasteiger partial charge in [-0.05, 0) is 49.2 Å². The Morgan fingerprint density at radius 2 is 1.85 bits per heavy atom. The van der Waals surface area contributed by atoms with Crippen LogP contribution < -0.4 is 9.47 Å². The van der Waals surface area contributed by atoms with E-state index in [4.69, 9.17) is 13.9 Å². The maximum atomic E-state index is 5.89. The third-order valence-corrected chi connectivity index (χ3v) is 4.98. The molecule has 6 heteroatoms. The minimum absolute atomic E-state index is 0.303. The van der Waals surface area contributed by atoms with Crippen molar-refractivity contribution in [1.82, 2.24) is 15.1 Å². The van der Waals surface area contributed by atoms with Crippen LogP contribution in [0.5, 0.6) is 11.5 Å². The van der Waals surface area contributed by atoms with Crippen molar-refractivity contribution in [3.63, 3.8) is 0 Å². The first-order valence-electron chi connectivity index (χ1n) is 9.12. The van der Waals surface area contributed by atoms with E-state index < -0.39 is 0 Å². The SMILES string of the molecule is COc1ccc([C@H]2CCCN2Cc2nnc(-c3ccccc3)o2)cc1OC. The average Bonchev–Trinajstić information content (AvgIpc) is 3.38. The smallest absolute Gasteiger partial charge is 0.247 e. The fourth-order valence-corrected chi connectivity index (χ4v) is 3.64. The van der Waals surface area contributed by atoms with Crippen molar-refractivity contribution < 1.29 is 13.9 Å². The topological polar surface area (TPSA) is 60.6 Å². The number of methoxy groups -OCH3 is 2. The molecule has 0 spiro atoms. The van der Waals surface area contributed by atoms with Gasteiger partial charge in [-0.2, -0.15) is 0 Å². The molecule has 1 saturated heterocycles. The molecule has 1 aromatic heterocycles. The summed E-state index contributed by atoms with van der Waals surface area (Å²) in [7, 11) is 3.32. The van der Waals surface area contributed by atoms with Gasteiger partial charge in [0, 0.05) is 11.6 Å². The predicted octanol–water partition coefficient (Wildman–Crippen LogP) is 4.09. The molecule has 0 amide bonds. The van der Waals surface area contributed by atoms with Gasteiger partial charge < -0.3 is 13.9 Å². The highest BCUT2D eigenvalue weighted by atomic mass is 16.5. The first-order chi connectivity index (χ1) is 13.3. The fraction of sp³-hybridized carbons (Fsp3) is 0.333. The van der Waals surface area contributed by atoms with Crippen molar-refractivity contribution in [1.29, 1.82) is 0 Å². The van der Waals surface area contributed by atoms with E-state index in [9.17, 15) is 0 Å². The van der Waals surface area contributed by atoms with E-state index in [-0.39, 0.29) is 0 Å². The second-order valence-corrected chi connectivity index (χ2v) is 6.61. The Bertz CT molecular complexity index is 895. The van der Waals surface area contributed by atoms with Crippen LogP contribution in [0.15, 0.2) is 52.9 Å². The molecule has 0 bridgehead atoms. The van der Waals surface area contributed by atoms with Crippen molar-refractivity contribution in [2.45, 2.75) is 25.4 Å². The van der Waals surface area contributed by atoms with Gasteiger partial charge in [-0.25, -0.2) is 0 Å². The molecule has 0 N–H and O–H groups in total. The summed E-state index contributed by atoms with van der Waals surface area (Å²) < 4.78 is 16.7. The van der Waals surface area contributed by atoms with Crippen LogP contribution in [0, 0.1) is 0 Å². The zero-order valence-electron chi connectivity index (χ0n) is 15.6. The minimum Gasteiger partial charge on any atom is -0.493 e. The number of ether oxygens (including phenoxy) is 2. The van der Waals surface area contributed by atoms with Crippen LogP contribution in [0.4, 0.5) is 0 Å². The lowest BCUT2D eigenvalue weighted by atomic mass is 10.0. The van der Waals surface area contributed by atoms with E-state index in [2.05, 4.69) is 27.2 Å². The highest BCUT2D eigenvalue weighted by molar-refractivity contribution is 5.51. The molecule has 0 saturated carbocycles. The first-order valence-corrected chi connectivity index (χ1v) is 9.12. The van der Waals surface area contributed by atoms with Crippen LogP contribution >= 0.6 is 0 Å². The Hall–Kier alpha value is -2.86. The molecule has 3 aromatic rings. The quantitative estimate of drug-likeness (QED) is 0.656. The molecule has 4 rings (SSSR count). The number of likely N-dealkylation sites (tertiary alicyclic amines) is 1. The summed E-state index contributed by atoms with van der Waals surface area (Å²) in [6.45, 7) is 1.64. The monoisotopic (exact) mass is 365 g/mol. The van der Waals surface area contributed by atoms with Gasteiger partial charge in [0.15, 0.2) is 11.5 Å². The summed E-state index contributed by atoms with van der Waals surface area (Å²) in [6.07, 6.45) is 2.23. The second kappa shape index (κ2) is 7.80. The highest BCUT2D eigenvalue weighted by Crippen LogP contribution is 2.37. The van der Waals surface area contributed by atoms with Gasteiger partial charge in [-0.3, -0.25) is 4.90 Å². The Balaban J connectivity index is 1.52. The molecule has 27 heavy (non-hydrogen) atoms. The van der Waals surface area contributed by atoms with E-state index in [0.29, 0.717) is 24.4 Å². The molecule has 2 aromatic carbocycles. The molecule has 0 radical (unpaired) electrons. The largest absolute Gasteiger partial charge is 0.493 e. The number of hydrogen-bond donors (Lipinski definition) is 0. The molecule has 6 nitrogen and oxygen atoms in total. The summed E-state index contributed by atoms with van der Waals surface area (Å²) in [4.78, 5) is 2.38. The van der Waals surface area contributed by atoms with Gasteiger partial charge >= 0.3 is 0 Å². The normalized spacial score (nSPS) is 17.2. The Morgan fingerprint density at radius 1 is 1.04 bits per heavy atom. The number of rotatable bonds is 6. The Morgan fingerprint density at radius 3 is 2.63 bits per heavy atom. The molecule has 140 valence electrons. The predicted molar refractivity (Wildman–Crippen MR) is 102 cm³/mol. The van der Waals surface area contributed by atoms with E-state index >= 15 is 0 Å². The summed E-state index contributed by atoms with van der Waals surface area (Å²) >= 11 is 0. The van der Waals surface area contributed by atoms with Crippen LogP contribution in [-0.2, 0) is 6.54 Å². The number of nitrogens with zero attached hydrogens (tertiary/aromatic N) is 3. The third-order valence-electron chi connectivity index (χ3n) is 4.98. The minimum atomic E-state index is 0.303. The van der Waals surface area contributed by atoms with Crippen molar-refractivity contribution in [3.8, 4) is 23.0 Å². The molecular weight excluding hydrogens is 342 g/mol. The fourth-order valence-electron chi connectivity index (χ4n) is 3.64. The second-order valence-electron chi connectivity index (χ2n) is 6.61. The number of benzene rings is 2. The number of hydrogen-bond acceptors (Lipinski definition) is 6. The van der Waals surface area contributed by atoms with Gasteiger partial charge in [-0.15, -0.1) is 10.2 Å². The van der Waals surface area contributed by atoms with Crippen molar-refractivity contribution >= 4 is 0 Å². The van der Waals surface area contributed by atoms with E-state index in [0.717, 1.165) is 36.4 Å². The molecule has 1 aliphatic heterocycles. The van der Waals surface area contributed by atoms with Gasteiger partial charge in [0.2, 0.25) is 11.8 Å². The average molecular weight is 365 g/mol. The summed E-state index contributed by atoms with van der Waals surface area (Å²) in [5.41, 5.74) is 2.15. The maximum Gasteiger partial charge on any atom is 0.247 e. The van der Waals surface area contributed by atoms with E-state index in [1.165, 1.54) is 5.56 Å². The maximum absolute atomic E-state index is 5.89. The van der Waals surface area contributed by atoms with Gasteiger partial charge in [0.05, 0.1) is 20.8 Å². The van der Waals surface area contributed by atoms with Gasteiger partial charge in [0.1, 0.15) is 0 Å². The summed E-state index contributed by atoms with van der Waals surface area (Å²) in [5.74, 6) is 2.70. The van der Waals surface area contributed by atoms with Crippen LogP contribution in [0.2, 0.25) is 0 Å². The highest BCUT2D eigenvalue weighted by Gasteiger charge is 2.28. The standard InChI is InChI=1S/C21H23N3O3/c1-25-18-11-10-16(13-19(18)26-2)17-9-6-12-24(17)14-20-22-23-21(27-20)15-7-4-3-5-8-15/h3-5,7-8,10-11,13,17H,6,9,12,14H2,1-2H3/t17-/m1/s1. The van der Waals surface area contributed by atoms with E-state index in [1.54, 1.807) is 14.2 Å². The third kappa shape index (κ3) is 3.66. The molecule has 0 unspecified atom stereocenters. The van der Waals surface area contributed by atoms with Crippen molar-refractivity contribution in [2.24, 2.45) is 0 Å². The van der Waals surface area contributed by atoms with Crippen LogP contribution in [0.25, 0.3) is 11.5 Å². The van der Waals surface area contributed by atoms with Crippen molar-refractivity contribution in [2.75, 3.05) is 20.8 Å². The summed E-state index contributed by atoms with van der Waals surface area (Å²) in [5, 5.41) is 8.44. The molecule has 1 fully saturated rings. The lowest BCUT2D eigenvalue weighted by Crippen LogP contribution is -2.23. The van der Waals surface area contributed by atoms with Gasteiger partial charge in [-0.1, -0.05) is 24.3 Å². The molecule has 0 aliphatic carbocycles. The van der Waals surface area contributed by atoms with E-state index in [1.807, 2.05) is 36.4 Å². The zero-order valence-corrected chi connectivity index (χ0v) is 15.6. The lowest BCUT2D eigenvalue weighted by Gasteiger charge is -2.24. The summed E-state index contributed by atoms with van der Waals surface area (Å²) in [6, 6.07) is 16.3.